The zero-order valence-electron chi connectivity index (χ0n) is 10.4. The molecular formula is C16H10O4. The minimum atomic E-state index is 0.282. The van der Waals surface area contributed by atoms with Gasteiger partial charge in [0.15, 0.2) is 25.1 Å². The Balaban J connectivity index is 2.56. The molecule has 0 aliphatic heterocycles. The first-order chi connectivity index (χ1) is 9.73. The molecule has 2 rings (SSSR count). The van der Waals surface area contributed by atoms with Crippen molar-refractivity contribution in [3.8, 4) is 11.1 Å². The van der Waals surface area contributed by atoms with Crippen LogP contribution in [0.3, 0.4) is 0 Å². The minimum absolute atomic E-state index is 0.282. The molecule has 98 valence electrons. The Morgan fingerprint density at radius 2 is 0.850 bits per heavy atom. The zero-order valence-corrected chi connectivity index (χ0v) is 10.4. The van der Waals surface area contributed by atoms with Crippen LogP contribution in [0.15, 0.2) is 36.4 Å². The van der Waals surface area contributed by atoms with E-state index in [-0.39, 0.29) is 11.1 Å². The number of rotatable bonds is 5. The van der Waals surface area contributed by atoms with E-state index >= 15 is 0 Å². The Bertz CT molecular complexity index is 640. The second-order valence-electron chi connectivity index (χ2n) is 4.16. The smallest absolute Gasteiger partial charge is 0.150 e. The van der Waals surface area contributed by atoms with Crippen LogP contribution in [-0.2, 0) is 0 Å². The molecule has 20 heavy (non-hydrogen) atoms. The van der Waals surface area contributed by atoms with Crippen molar-refractivity contribution in [1.82, 2.24) is 0 Å². The summed E-state index contributed by atoms with van der Waals surface area (Å²) in [6.07, 6.45) is 2.43. The van der Waals surface area contributed by atoms with Crippen molar-refractivity contribution >= 4 is 25.1 Å². The van der Waals surface area contributed by atoms with E-state index in [0.29, 0.717) is 47.4 Å². The molecule has 0 radical (unpaired) electrons. The van der Waals surface area contributed by atoms with E-state index in [1.54, 1.807) is 36.4 Å². The summed E-state index contributed by atoms with van der Waals surface area (Å²) in [5.41, 5.74) is 2.57. The minimum Gasteiger partial charge on any atom is -0.298 e. The highest BCUT2D eigenvalue weighted by Gasteiger charge is 2.07. The summed E-state index contributed by atoms with van der Waals surface area (Å²) >= 11 is 0. The third kappa shape index (κ3) is 2.44. The van der Waals surface area contributed by atoms with E-state index in [1.165, 1.54) is 0 Å². The molecular weight excluding hydrogens is 256 g/mol. The molecule has 0 aliphatic rings. The van der Waals surface area contributed by atoms with Crippen LogP contribution in [0.4, 0.5) is 0 Å². The molecule has 0 amide bonds. The van der Waals surface area contributed by atoms with E-state index in [1.807, 2.05) is 0 Å². The predicted octanol–water partition coefficient (Wildman–Crippen LogP) is 2.60. The summed E-state index contributed by atoms with van der Waals surface area (Å²) in [6.45, 7) is 0. The summed E-state index contributed by atoms with van der Waals surface area (Å²) in [4.78, 5) is 43.4. The first-order valence-electron chi connectivity index (χ1n) is 5.82. The van der Waals surface area contributed by atoms with E-state index in [4.69, 9.17) is 0 Å². The number of hydrogen-bond acceptors (Lipinski definition) is 4. The first-order valence-corrected chi connectivity index (χ1v) is 5.82. The van der Waals surface area contributed by atoms with Gasteiger partial charge in [-0.3, -0.25) is 19.2 Å². The average Bonchev–Trinajstić information content (AvgIpc) is 2.53. The highest BCUT2D eigenvalue weighted by molar-refractivity contribution is 5.94. The van der Waals surface area contributed by atoms with Gasteiger partial charge in [-0.15, -0.1) is 0 Å². The number of carbonyl (C=O) groups excluding carboxylic acids is 4. The van der Waals surface area contributed by atoms with Crippen LogP contribution in [0.2, 0.25) is 0 Å². The molecule has 0 atom stereocenters. The Morgan fingerprint density at radius 1 is 0.500 bits per heavy atom. The van der Waals surface area contributed by atoms with Gasteiger partial charge in [-0.2, -0.15) is 0 Å². The van der Waals surface area contributed by atoms with Crippen LogP contribution in [0.1, 0.15) is 41.4 Å². The third-order valence-corrected chi connectivity index (χ3v) is 3.01. The van der Waals surface area contributed by atoms with Crippen LogP contribution >= 0.6 is 0 Å². The van der Waals surface area contributed by atoms with Crippen molar-refractivity contribution in [3.63, 3.8) is 0 Å². The molecule has 0 unspecified atom stereocenters. The lowest BCUT2D eigenvalue weighted by Gasteiger charge is -2.06. The molecule has 2 aromatic rings. The average molecular weight is 266 g/mol. The van der Waals surface area contributed by atoms with Crippen LogP contribution in [0.25, 0.3) is 11.1 Å². The molecule has 0 N–H and O–H groups in total. The van der Waals surface area contributed by atoms with Gasteiger partial charge in [0.25, 0.3) is 0 Å². The quantitative estimate of drug-likeness (QED) is 0.780. The van der Waals surface area contributed by atoms with Gasteiger partial charge in [-0.25, -0.2) is 0 Å². The number of carbonyl (C=O) groups is 4. The van der Waals surface area contributed by atoms with E-state index in [9.17, 15) is 19.2 Å². The lowest BCUT2D eigenvalue weighted by atomic mass is 9.97. The van der Waals surface area contributed by atoms with Gasteiger partial charge in [0.1, 0.15) is 0 Å². The third-order valence-electron chi connectivity index (χ3n) is 3.01. The Labute approximate surface area is 115 Å². The molecule has 0 fully saturated rings. The fraction of sp³-hybridized carbons (Fsp3) is 0. The molecule has 2 aromatic carbocycles. The van der Waals surface area contributed by atoms with Crippen LogP contribution in [0, 0.1) is 0 Å². The Hall–Kier alpha value is -2.88. The van der Waals surface area contributed by atoms with Crippen molar-refractivity contribution in [2.24, 2.45) is 0 Å². The molecule has 4 heteroatoms. The molecule has 0 aromatic heterocycles. The van der Waals surface area contributed by atoms with Crippen molar-refractivity contribution in [1.29, 1.82) is 0 Å². The maximum absolute atomic E-state index is 10.9. The highest BCUT2D eigenvalue weighted by atomic mass is 16.1. The second kappa shape index (κ2) is 5.84. The first kappa shape index (κ1) is 13.5. The maximum Gasteiger partial charge on any atom is 0.150 e. The Kier molecular flexibility index (Phi) is 3.96. The van der Waals surface area contributed by atoms with Gasteiger partial charge >= 0.3 is 0 Å². The molecule has 0 heterocycles. The van der Waals surface area contributed by atoms with Gasteiger partial charge in [-0.1, -0.05) is 24.3 Å². The van der Waals surface area contributed by atoms with Crippen LogP contribution < -0.4 is 0 Å². The molecule has 0 saturated carbocycles. The summed E-state index contributed by atoms with van der Waals surface area (Å²) in [5, 5.41) is 0. The van der Waals surface area contributed by atoms with E-state index in [2.05, 4.69) is 0 Å². The molecule has 0 saturated heterocycles. The topological polar surface area (TPSA) is 68.3 Å². The van der Waals surface area contributed by atoms with Crippen LogP contribution in [-0.4, -0.2) is 25.1 Å². The van der Waals surface area contributed by atoms with Crippen LogP contribution in [0.5, 0.6) is 0 Å². The van der Waals surface area contributed by atoms with E-state index < -0.39 is 0 Å². The fourth-order valence-electron chi connectivity index (χ4n) is 1.93. The number of benzene rings is 2. The largest absolute Gasteiger partial charge is 0.298 e. The monoisotopic (exact) mass is 266 g/mol. The van der Waals surface area contributed by atoms with Crippen molar-refractivity contribution in [2.75, 3.05) is 0 Å². The van der Waals surface area contributed by atoms with Crippen molar-refractivity contribution < 1.29 is 19.2 Å². The normalized spacial score (nSPS) is 9.80. The summed E-state index contributed by atoms with van der Waals surface area (Å²) < 4.78 is 0. The zero-order chi connectivity index (χ0) is 14.5. The van der Waals surface area contributed by atoms with Crippen molar-refractivity contribution in [2.45, 2.75) is 0 Å². The summed E-state index contributed by atoms with van der Waals surface area (Å²) in [6, 6.07) is 9.59. The Morgan fingerprint density at radius 3 is 1.15 bits per heavy atom. The maximum atomic E-state index is 10.9. The van der Waals surface area contributed by atoms with Gasteiger partial charge in [0, 0.05) is 22.3 Å². The van der Waals surface area contributed by atoms with Gasteiger partial charge in [0.2, 0.25) is 0 Å². The highest BCUT2D eigenvalue weighted by Crippen LogP contribution is 2.23. The summed E-state index contributed by atoms with van der Waals surface area (Å²) in [7, 11) is 0. The number of hydrogen-bond donors (Lipinski definition) is 0. The lowest BCUT2D eigenvalue weighted by Crippen LogP contribution is -1.94. The summed E-state index contributed by atoms with van der Waals surface area (Å²) in [5.74, 6) is 0. The fourth-order valence-corrected chi connectivity index (χ4v) is 1.93. The predicted molar refractivity (Wildman–Crippen MR) is 73.4 cm³/mol. The SMILES string of the molecule is O=Cc1ccc(-c2ccc(C=O)c(C=O)c2)cc1C=O. The van der Waals surface area contributed by atoms with Crippen molar-refractivity contribution in [3.05, 3.63) is 58.7 Å². The standard InChI is InChI=1S/C16H10O4/c17-7-13-3-1-11(5-15(13)9-19)12-2-4-14(8-18)16(6-12)10-20/h1-10H. The lowest BCUT2D eigenvalue weighted by molar-refractivity contribution is 0.109. The van der Waals surface area contributed by atoms with Gasteiger partial charge in [-0.05, 0) is 23.3 Å². The molecule has 0 spiro atoms. The van der Waals surface area contributed by atoms with Gasteiger partial charge < -0.3 is 0 Å². The number of aldehydes is 4. The van der Waals surface area contributed by atoms with E-state index in [0.717, 1.165) is 0 Å². The molecule has 0 bridgehead atoms. The molecule has 4 nitrogen and oxygen atoms in total. The molecule has 0 aliphatic carbocycles. The second-order valence-corrected chi connectivity index (χ2v) is 4.16. The van der Waals surface area contributed by atoms with Gasteiger partial charge in [0.05, 0.1) is 0 Å².